The van der Waals surface area contributed by atoms with Crippen LogP contribution in [0.25, 0.3) is 0 Å². The molecule has 0 fully saturated rings. The first-order valence-corrected chi connectivity index (χ1v) is 8.38. The maximum atomic E-state index is 14.5. The van der Waals surface area contributed by atoms with Gasteiger partial charge in [0.05, 0.1) is 16.4 Å². The van der Waals surface area contributed by atoms with Crippen LogP contribution in [-0.2, 0) is 6.61 Å². The van der Waals surface area contributed by atoms with Gasteiger partial charge in [0.1, 0.15) is 6.61 Å². The monoisotopic (exact) mass is 407 g/mol. The second-order valence-corrected chi connectivity index (χ2v) is 5.66. The van der Waals surface area contributed by atoms with Crippen molar-refractivity contribution >= 4 is 23.6 Å². The number of nitrogens with one attached hydrogen (secondary N) is 1. The fraction of sp³-hybridized carbons (Fsp3) is 0.0952. The number of carbonyl (C=O) groups excluding carboxylic acids is 1. The van der Waals surface area contributed by atoms with Crippen molar-refractivity contribution in [3.05, 3.63) is 95.2 Å². The van der Waals surface area contributed by atoms with Crippen molar-refractivity contribution in [3.63, 3.8) is 0 Å². The van der Waals surface area contributed by atoms with Crippen LogP contribution >= 0.6 is 11.6 Å². The lowest BCUT2D eigenvalue weighted by molar-refractivity contribution is 0.112. The van der Waals surface area contributed by atoms with Gasteiger partial charge in [0, 0.05) is 12.7 Å². The minimum absolute atomic E-state index is 0.0301. The standard InChI is InChI=1S/C20H16ClF2NO2.CH4O/c1-3-7-16(13(2)21)24-20-15(11-25)10-17(18(22)19(20)23)26-12-14-8-5-4-6-9-14;1-2/h3-11,24H,1-2,12H2;2H,1H3/b16-7+;. The van der Waals surface area contributed by atoms with Gasteiger partial charge in [-0.2, -0.15) is 4.39 Å². The summed E-state index contributed by atoms with van der Waals surface area (Å²) in [5, 5.41) is 9.61. The van der Waals surface area contributed by atoms with Crippen LogP contribution in [0.3, 0.4) is 0 Å². The van der Waals surface area contributed by atoms with Gasteiger partial charge in [-0.25, -0.2) is 4.39 Å². The average molecular weight is 408 g/mol. The van der Waals surface area contributed by atoms with Gasteiger partial charge in [0.15, 0.2) is 17.9 Å². The first kappa shape index (κ1) is 23.1. The summed E-state index contributed by atoms with van der Waals surface area (Å²) in [6, 6.07) is 10.1. The third-order valence-electron chi connectivity index (χ3n) is 3.40. The Morgan fingerprint density at radius 3 is 2.43 bits per heavy atom. The van der Waals surface area contributed by atoms with Gasteiger partial charge in [-0.05, 0) is 17.7 Å². The first-order valence-electron chi connectivity index (χ1n) is 8.01. The number of rotatable bonds is 8. The second kappa shape index (κ2) is 11.7. The second-order valence-electron chi connectivity index (χ2n) is 5.20. The smallest absolute Gasteiger partial charge is 0.202 e. The molecule has 148 valence electrons. The summed E-state index contributed by atoms with van der Waals surface area (Å²) >= 11 is 5.81. The van der Waals surface area contributed by atoms with Gasteiger partial charge < -0.3 is 15.2 Å². The Kier molecular flexibility index (Phi) is 9.64. The molecule has 7 heteroatoms. The molecular formula is C21H20ClF2NO3. The summed E-state index contributed by atoms with van der Waals surface area (Å²) in [7, 11) is 1.00. The molecule has 0 spiro atoms. The average Bonchev–Trinajstić information content (AvgIpc) is 2.72. The summed E-state index contributed by atoms with van der Waals surface area (Å²) < 4.78 is 34.2. The van der Waals surface area contributed by atoms with Crippen LogP contribution < -0.4 is 10.1 Å². The Balaban J connectivity index is 0.00000190. The normalized spacial score (nSPS) is 10.4. The largest absolute Gasteiger partial charge is 0.486 e. The van der Waals surface area contributed by atoms with Crippen LogP contribution in [0.4, 0.5) is 14.5 Å². The highest BCUT2D eigenvalue weighted by Gasteiger charge is 2.20. The fourth-order valence-corrected chi connectivity index (χ4v) is 2.24. The van der Waals surface area contributed by atoms with Crippen molar-refractivity contribution in [3.8, 4) is 5.75 Å². The molecule has 2 N–H and O–H groups in total. The molecule has 0 amide bonds. The Hall–Kier alpha value is -2.96. The molecule has 0 aliphatic rings. The topological polar surface area (TPSA) is 58.6 Å². The highest BCUT2D eigenvalue weighted by Crippen LogP contribution is 2.32. The molecule has 2 rings (SSSR count). The van der Waals surface area contributed by atoms with E-state index in [1.54, 1.807) is 24.3 Å². The van der Waals surface area contributed by atoms with E-state index in [0.29, 0.717) is 6.29 Å². The van der Waals surface area contributed by atoms with Gasteiger partial charge in [-0.1, -0.05) is 61.2 Å². The summed E-state index contributed by atoms with van der Waals surface area (Å²) in [4.78, 5) is 11.3. The Bertz CT molecular complexity index is 868. The van der Waals surface area contributed by atoms with E-state index in [9.17, 15) is 13.6 Å². The SMILES string of the molecule is C=C/C=C(/Nc1c(C=O)cc(OCc2ccccc2)c(F)c1F)C(=C)Cl.CO. The van der Waals surface area contributed by atoms with E-state index in [2.05, 4.69) is 18.5 Å². The van der Waals surface area contributed by atoms with Crippen LogP contribution in [-0.4, -0.2) is 18.5 Å². The van der Waals surface area contributed by atoms with Crippen molar-refractivity contribution < 1.29 is 23.4 Å². The minimum Gasteiger partial charge on any atom is -0.486 e. The summed E-state index contributed by atoms with van der Waals surface area (Å²) in [5.41, 5.74) is 0.470. The number of anilines is 1. The number of benzene rings is 2. The molecule has 0 unspecified atom stereocenters. The van der Waals surface area contributed by atoms with Crippen molar-refractivity contribution in [2.75, 3.05) is 12.4 Å². The van der Waals surface area contributed by atoms with Gasteiger partial charge in [0.2, 0.25) is 5.82 Å². The Morgan fingerprint density at radius 2 is 1.89 bits per heavy atom. The molecule has 0 aliphatic heterocycles. The Morgan fingerprint density at radius 1 is 1.25 bits per heavy atom. The maximum absolute atomic E-state index is 14.5. The Labute approximate surface area is 167 Å². The molecule has 0 radical (unpaired) electrons. The lowest BCUT2D eigenvalue weighted by Gasteiger charge is -2.15. The van der Waals surface area contributed by atoms with Crippen LogP contribution in [0.2, 0.25) is 0 Å². The molecule has 2 aromatic rings. The molecule has 0 heterocycles. The molecular weight excluding hydrogens is 388 g/mol. The number of allylic oxidation sites excluding steroid dienone is 3. The first-order chi connectivity index (χ1) is 13.5. The zero-order valence-corrected chi connectivity index (χ0v) is 16.0. The fourth-order valence-electron chi connectivity index (χ4n) is 2.13. The predicted octanol–water partition coefficient (Wildman–Crippen LogP) is 5.20. The van der Waals surface area contributed by atoms with Crippen LogP contribution in [0.1, 0.15) is 15.9 Å². The van der Waals surface area contributed by atoms with E-state index in [0.717, 1.165) is 18.7 Å². The quantitative estimate of drug-likeness (QED) is 0.466. The summed E-state index contributed by atoms with van der Waals surface area (Å²) in [6.07, 6.45) is 3.20. The lowest BCUT2D eigenvalue weighted by atomic mass is 10.1. The third kappa shape index (κ3) is 6.04. The van der Waals surface area contributed by atoms with Crippen LogP contribution in [0, 0.1) is 11.6 Å². The lowest BCUT2D eigenvalue weighted by Crippen LogP contribution is -2.08. The van der Waals surface area contributed by atoms with Gasteiger partial charge in [-0.3, -0.25) is 4.79 Å². The molecule has 0 saturated heterocycles. The number of hydrogen-bond donors (Lipinski definition) is 2. The van der Waals surface area contributed by atoms with E-state index in [1.807, 2.05) is 6.07 Å². The van der Waals surface area contributed by atoms with E-state index in [4.69, 9.17) is 21.4 Å². The zero-order chi connectivity index (χ0) is 21.1. The third-order valence-corrected chi connectivity index (χ3v) is 3.61. The van der Waals surface area contributed by atoms with E-state index in [-0.39, 0.29) is 34.3 Å². The van der Waals surface area contributed by atoms with Crippen LogP contribution in [0.5, 0.6) is 5.75 Å². The zero-order valence-electron chi connectivity index (χ0n) is 15.2. The molecule has 28 heavy (non-hydrogen) atoms. The number of hydrogen-bond acceptors (Lipinski definition) is 4. The van der Waals surface area contributed by atoms with Crippen LogP contribution in [0.15, 0.2) is 72.4 Å². The molecule has 0 saturated carbocycles. The van der Waals surface area contributed by atoms with E-state index >= 15 is 0 Å². The van der Waals surface area contributed by atoms with Gasteiger partial charge >= 0.3 is 0 Å². The molecule has 0 aliphatic carbocycles. The predicted molar refractivity (Wildman–Crippen MR) is 108 cm³/mol. The van der Waals surface area contributed by atoms with Gasteiger partial charge in [0.25, 0.3) is 0 Å². The molecule has 2 aromatic carbocycles. The minimum atomic E-state index is -1.26. The number of halogens is 3. The van der Waals surface area contributed by atoms with Gasteiger partial charge in [-0.15, -0.1) is 0 Å². The molecule has 0 atom stereocenters. The van der Waals surface area contributed by atoms with E-state index < -0.39 is 11.6 Å². The summed E-state index contributed by atoms with van der Waals surface area (Å²) in [6.45, 7) is 7.05. The van der Waals surface area contributed by atoms with Crippen molar-refractivity contribution in [2.24, 2.45) is 0 Å². The number of carbonyl (C=O) groups is 1. The number of ether oxygens (including phenoxy) is 1. The molecule has 0 aromatic heterocycles. The van der Waals surface area contributed by atoms with E-state index in [1.165, 1.54) is 12.2 Å². The number of aliphatic hydroxyl groups excluding tert-OH is 1. The highest BCUT2D eigenvalue weighted by atomic mass is 35.5. The maximum Gasteiger partial charge on any atom is 0.202 e. The van der Waals surface area contributed by atoms with Crippen molar-refractivity contribution in [1.82, 2.24) is 0 Å². The molecule has 4 nitrogen and oxygen atoms in total. The van der Waals surface area contributed by atoms with Crippen molar-refractivity contribution in [2.45, 2.75) is 6.61 Å². The summed E-state index contributed by atoms with van der Waals surface area (Å²) in [5.74, 6) is -2.84. The molecule has 0 bridgehead atoms. The number of aliphatic hydroxyl groups is 1. The number of aldehydes is 1. The van der Waals surface area contributed by atoms with Crippen molar-refractivity contribution in [1.29, 1.82) is 0 Å². The highest BCUT2D eigenvalue weighted by molar-refractivity contribution is 6.31.